The number of hydrogen-bond acceptors (Lipinski definition) is 12. The van der Waals surface area contributed by atoms with Crippen LogP contribution in [0, 0.1) is 40.4 Å². The Bertz CT molecular complexity index is 3060. The van der Waals surface area contributed by atoms with Crippen molar-refractivity contribution < 1.29 is 56.9 Å². The standard InChI is InChI=1S/C19H30O7S.C18H14OS.C13H20O.C10H13NO2.C10H14O/c1-4-17(2,3)15(20)26-19-10-13-7-14(11-19)9-18(8-13,12-19)16(21)25-5-6-27(22,23)24;19-15-11-13-18(14-12-15)20(16-7-3-1-4-8-16)17-9-5-2-6-10-17;1-5-10(2)11-6-8-12(9-7-11)13(3,4)14;1-4-6-11-8(12)7-10(3,5-2)9(11)13;1-3-8(2)9-4-6-10(11)7-5-9/h13-14H,4-12H2,1-3H3,(H,22,23,24);1-14H;6-10,14H,5H2,1-4H3;1H,5-7H2,2-3H3;4-8,11H,3H2,1-2H3. The summed E-state index contributed by atoms with van der Waals surface area (Å²) in [6.45, 7) is 21.5. The number of esters is 2. The van der Waals surface area contributed by atoms with Crippen LogP contribution < -0.4 is 0 Å². The van der Waals surface area contributed by atoms with Gasteiger partial charge in [-0.25, -0.2) is 8.42 Å². The number of hydrogen-bond donors (Lipinski definition) is 3. The summed E-state index contributed by atoms with van der Waals surface area (Å²) < 4.78 is 43.5. The van der Waals surface area contributed by atoms with E-state index in [9.17, 15) is 42.4 Å². The number of ether oxygens (including phenoxy) is 2. The van der Waals surface area contributed by atoms with Gasteiger partial charge in [-0.15, -0.1) is 6.42 Å². The van der Waals surface area contributed by atoms with Crippen LogP contribution in [0.3, 0.4) is 0 Å². The van der Waals surface area contributed by atoms with Crippen molar-refractivity contribution in [2.45, 2.75) is 185 Å². The van der Waals surface area contributed by atoms with E-state index in [-0.39, 0.29) is 35.2 Å². The number of amides is 2. The van der Waals surface area contributed by atoms with Crippen molar-refractivity contribution in [3.8, 4) is 23.8 Å². The minimum atomic E-state index is -4.42. The number of aromatic hydroxyl groups is 2. The highest BCUT2D eigenvalue weighted by Gasteiger charge is 2.63. The van der Waals surface area contributed by atoms with E-state index < -0.39 is 55.9 Å². The summed E-state index contributed by atoms with van der Waals surface area (Å²) in [5, 5.41) is 28.3. The van der Waals surface area contributed by atoms with Gasteiger partial charge < -0.3 is 29.3 Å². The van der Waals surface area contributed by atoms with Crippen LogP contribution in [0.4, 0.5) is 0 Å². The van der Waals surface area contributed by atoms with Gasteiger partial charge in [0.05, 0.1) is 55.2 Å². The largest absolute Gasteiger partial charge is 0.748 e. The Morgan fingerprint density at radius 3 is 1.61 bits per heavy atom. The maximum absolute atomic E-state index is 12.8. The molecule has 4 saturated carbocycles. The predicted molar refractivity (Wildman–Crippen MR) is 334 cm³/mol. The van der Waals surface area contributed by atoms with Crippen LogP contribution in [-0.2, 0) is 55.3 Å². The number of imide groups is 1. The number of nitrogens with zero attached hydrogens (tertiary/aromatic N) is 1. The molecule has 1 saturated heterocycles. The molecule has 0 spiro atoms. The first-order valence-corrected chi connectivity index (χ1v) is 32.6. The molecule has 13 nitrogen and oxygen atoms in total. The van der Waals surface area contributed by atoms with Gasteiger partial charge in [-0.2, -0.15) is 0 Å². The van der Waals surface area contributed by atoms with E-state index in [2.05, 4.69) is 94.3 Å². The van der Waals surface area contributed by atoms with E-state index in [1.54, 1.807) is 24.3 Å². The molecule has 5 aromatic rings. The first kappa shape index (κ1) is 69.3. The maximum atomic E-state index is 12.8. The minimum Gasteiger partial charge on any atom is -0.748 e. The summed E-state index contributed by atoms with van der Waals surface area (Å²) in [7, 11) is -4.55. The summed E-state index contributed by atoms with van der Waals surface area (Å²) in [5.74, 6) is 3.11. The Kier molecular flexibility index (Phi) is 24.7. The molecular weight excluding hydrogens is 1110 g/mol. The molecule has 10 rings (SSSR count). The molecule has 1 heterocycles. The molecule has 5 aromatic carbocycles. The molecule has 0 aromatic heterocycles. The maximum Gasteiger partial charge on any atom is 0.312 e. The monoisotopic (exact) mass is 1200 g/mol. The molecule has 15 heteroatoms. The van der Waals surface area contributed by atoms with E-state index in [4.69, 9.17) is 21.0 Å². The topological polar surface area (TPSA) is 208 Å². The van der Waals surface area contributed by atoms with Gasteiger partial charge in [-0.05, 0) is 187 Å². The average Bonchev–Trinajstić information content (AvgIpc) is 1.35. The quantitative estimate of drug-likeness (QED) is 0.0261. The lowest BCUT2D eigenvalue weighted by atomic mass is 9.48. The molecule has 460 valence electrons. The van der Waals surface area contributed by atoms with E-state index in [0.29, 0.717) is 73.7 Å². The van der Waals surface area contributed by atoms with Gasteiger partial charge in [0.15, 0.2) is 14.7 Å². The predicted octanol–water partition coefficient (Wildman–Crippen LogP) is 14.0. The molecule has 0 radical (unpaired) electrons. The van der Waals surface area contributed by atoms with Crippen molar-refractivity contribution in [1.82, 2.24) is 4.90 Å². The highest BCUT2D eigenvalue weighted by molar-refractivity contribution is 7.97. The average molecular weight is 1200 g/mol. The second kappa shape index (κ2) is 30.3. The highest BCUT2D eigenvalue weighted by Crippen LogP contribution is 2.63. The van der Waals surface area contributed by atoms with E-state index in [1.165, 1.54) is 30.7 Å². The molecule has 4 bridgehead atoms. The van der Waals surface area contributed by atoms with Gasteiger partial charge in [0.25, 0.3) is 0 Å². The van der Waals surface area contributed by atoms with Gasteiger partial charge in [0, 0.05) is 12.8 Å². The zero-order valence-electron chi connectivity index (χ0n) is 51.8. The van der Waals surface area contributed by atoms with Crippen LogP contribution in [0.1, 0.15) is 175 Å². The first-order chi connectivity index (χ1) is 40.0. The number of rotatable bonds is 17. The molecule has 1 aliphatic heterocycles. The normalized spacial score (nSPS) is 21.9. The summed E-state index contributed by atoms with van der Waals surface area (Å²) in [6.07, 6.45) is 13.4. The highest BCUT2D eigenvalue weighted by atomic mass is 32.2. The Labute approximate surface area is 509 Å². The summed E-state index contributed by atoms with van der Waals surface area (Å²) >= 11 is 0. The number of carbonyl (C=O) groups is 4. The second-order valence-electron chi connectivity index (χ2n) is 24.8. The fourth-order valence-corrected chi connectivity index (χ4v) is 13.8. The molecule has 5 aliphatic rings. The molecule has 5 fully saturated rings. The lowest BCUT2D eigenvalue weighted by Gasteiger charge is -2.60. The van der Waals surface area contributed by atoms with Crippen molar-refractivity contribution >= 4 is 44.8 Å². The third-order valence-corrected chi connectivity index (χ3v) is 20.2. The van der Waals surface area contributed by atoms with E-state index >= 15 is 0 Å². The number of likely N-dealkylation sites (tertiary alicyclic amines) is 1. The lowest BCUT2D eigenvalue weighted by molar-refractivity contribution is -0.217. The van der Waals surface area contributed by atoms with Gasteiger partial charge in [-0.3, -0.25) is 24.1 Å². The SMILES string of the molecule is C#CCN1C(=O)CC(C)(CC)C1=O.CCC(C)(C)C(=O)OC12CC3CC(C1)CC(C(=O)OCCS(=O)(=O)[O-])(C3)C2.CCC(C)c1ccc(C(C)(C)O)cc1.CCC(C)c1ccc(O)cc1.Oc1ccc([S+](c2ccccc2)c2ccccc2)cc1. The first-order valence-electron chi connectivity index (χ1n) is 29.8. The van der Waals surface area contributed by atoms with Crippen LogP contribution >= 0.6 is 0 Å². The number of phenols is 2. The Hall–Kier alpha value is -6.44. The molecule has 5 atom stereocenters. The summed E-state index contributed by atoms with van der Waals surface area (Å²) in [4.78, 5) is 53.5. The van der Waals surface area contributed by atoms with Crippen LogP contribution in [0.5, 0.6) is 11.5 Å². The molecular formula is C70H91NO12S2. The molecule has 4 aliphatic carbocycles. The van der Waals surface area contributed by atoms with Gasteiger partial charge in [0.1, 0.15) is 23.7 Å². The fourth-order valence-electron chi connectivity index (χ4n) is 11.5. The third-order valence-electron chi connectivity index (χ3n) is 17.3. The second-order valence-corrected chi connectivity index (χ2v) is 28.4. The van der Waals surface area contributed by atoms with Gasteiger partial charge >= 0.3 is 11.9 Å². The number of phenolic OH excluding ortho intramolecular Hbond substituents is 2. The van der Waals surface area contributed by atoms with E-state index in [1.807, 2.05) is 97.0 Å². The van der Waals surface area contributed by atoms with Crippen molar-refractivity contribution in [2.75, 3.05) is 18.9 Å². The smallest absolute Gasteiger partial charge is 0.312 e. The van der Waals surface area contributed by atoms with Crippen molar-refractivity contribution in [3.05, 3.63) is 150 Å². The summed E-state index contributed by atoms with van der Waals surface area (Å²) in [5.41, 5.74) is 0.446. The van der Waals surface area contributed by atoms with Crippen molar-refractivity contribution in [2.24, 2.45) is 28.1 Å². The van der Waals surface area contributed by atoms with Crippen LogP contribution in [0.25, 0.3) is 0 Å². The third kappa shape index (κ3) is 19.3. The summed E-state index contributed by atoms with van der Waals surface area (Å²) in [6, 6.07) is 44.1. The number of benzene rings is 5. The van der Waals surface area contributed by atoms with E-state index in [0.717, 1.165) is 37.7 Å². The zero-order chi connectivity index (χ0) is 63.0. The van der Waals surface area contributed by atoms with Crippen molar-refractivity contribution in [1.29, 1.82) is 0 Å². The Balaban J connectivity index is 0.000000202. The van der Waals surface area contributed by atoms with Crippen LogP contribution in [0.15, 0.2) is 148 Å². The molecule has 85 heavy (non-hydrogen) atoms. The molecule has 5 unspecified atom stereocenters. The Morgan fingerprint density at radius 2 is 1.20 bits per heavy atom. The number of carbonyl (C=O) groups excluding carboxylic acids is 4. The zero-order valence-corrected chi connectivity index (χ0v) is 53.4. The molecule has 3 N–H and O–H groups in total. The fraction of sp³-hybridized carbons (Fsp3) is 0.486. The number of aliphatic hydroxyl groups is 1. The minimum absolute atomic E-state index is 0.104. The lowest BCUT2D eigenvalue weighted by Crippen LogP contribution is -2.60. The van der Waals surface area contributed by atoms with Crippen LogP contribution in [0.2, 0.25) is 0 Å². The van der Waals surface area contributed by atoms with Crippen LogP contribution in [-0.4, -0.2) is 81.4 Å². The Morgan fingerprint density at radius 1 is 0.741 bits per heavy atom. The number of terminal acetylenes is 1. The van der Waals surface area contributed by atoms with Gasteiger partial charge in [-0.1, -0.05) is 127 Å². The molecule has 2 amide bonds. The van der Waals surface area contributed by atoms with Gasteiger partial charge in [0.2, 0.25) is 11.8 Å². The van der Waals surface area contributed by atoms with Crippen molar-refractivity contribution in [3.63, 3.8) is 0 Å².